The van der Waals surface area contributed by atoms with E-state index in [1.807, 2.05) is 30.3 Å². The molecule has 1 aromatic rings. The van der Waals surface area contributed by atoms with Gasteiger partial charge in [-0.1, -0.05) is 38.5 Å². The zero-order chi connectivity index (χ0) is 19.6. The summed E-state index contributed by atoms with van der Waals surface area (Å²) in [6.45, 7) is 5.51. The maximum Gasteiger partial charge on any atom is 0.223 e. The number of hydrogen-bond donors (Lipinski definition) is 1. The first-order chi connectivity index (χ1) is 12.6. The smallest absolute Gasteiger partial charge is 0.223 e. The highest BCUT2D eigenvalue weighted by molar-refractivity contribution is 5.77. The Labute approximate surface area is 155 Å². The van der Waals surface area contributed by atoms with Crippen LogP contribution in [0.1, 0.15) is 56.6 Å². The Balaban J connectivity index is 0.000000660. The second kappa shape index (κ2) is 15.2. The molecule has 0 saturated carbocycles. The minimum absolute atomic E-state index is 0.0494. The molecule has 0 aliphatic heterocycles. The summed E-state index contributed by atoms with van der Waals surface area (Å²) in [5.41, 5.74) is 2.07. The quantitative estimate of drug-likeness (QED) is 0.548. The van der Waals surface area contributed by atoms with Gasteiger partial charge in [0.2, 0.25) is 5.91 Å². The van der Waals surface area contributed by atoms with Gasteiger partial charge in [-0.05, 0) is 36.6 Å². The lowest BCUT2D eigenvalue weighted by molar-refractivity contribution is -0.120. The standard InChI is InChI=1S/C15H18N2O.C6H6N2/c1-2-3-4-5-15(18)17-11-10-13-6-8-14(12-16)9-7-13;1-6(5-8)3-2-4-7/h6-11H,2-5H2,1H3,(H,17,18);1-3H2. The van der Waals surface area contributed by atoms with Gasteiger partial charge in [0.1, 0.15) is 0 Å². The molecule has 1 rings (SSSR count). The highest BCUT2D eigenvalue weighted by Crippen LogP contribution is 2.05. The number of nitrogens with one attached hydrogen (secondary N) is 1. The van der Waals surface area contributed by atoms with Crippen LogP contribution >= 0.6 is 0 Å². The summed E-state index contributed by atoms with van der Waals surface area (Å²) < 4.78 is 0. The van der Waals surface area contributed by atoms with Gasteiger partial charge in [-0.15, -0.1) is 0 Å². The fraction of sp³-hybridized carbons (Fsp3) is 0.333. The van der Waals surface area contributed by atoms with Gasteiger partial charge in [-0.3, -0.25) is 4.79 Å². The molecule has 134 valence electrons. The monoisotopic (exact) mass is 348 g/mol. The van der Waals surface area contributed by atoms with Gasteiger partial charge >= 0.3 is 0 Å². The van der Waals surface area contributed by atoms with Crippen LogP contribution in [0.25, 0.3) is 6.08 Å². The summed E-state index contributed by atoms with van der Waals surface area (Å²) in [7, 11) is 0. The first-order valence-corrected chi connectivity index (χ1v) is 8.48. The van der Waals surface area contributed by atoms with Crippen LogP contribution in [0.2, 0.25) is 0 Å². The molecule has 0 aliphatic rings. The number of allylic oxidation sites excluding steroid dienone is 1. The van der Waals surface area contributed by atoms with Crippen molar-refractivity contribution < 1.29 is 4.79 Å². The van der Waals surface area contributed by atoms with E-state index in [-0.39, 0.29) is 5.91 Å². The number of benzene rings is 1. The molecule has 5 nitrogen and oxygen atoms in total. The summed E-state index contributed by atoms with van der Waals surface area (Å²) in [5.74, 6) is 0.0494. The van der Waals surface area contributed by atoms with Crippen molar-refractivity contribution in [2.75, 3.05) is 0 Å². The van der Waals surface area contributed by atoms with Crippen LogP contribution in [0.15, 0.2) is 42.6 Å². The molecule has 0 unspecified atom stereocenters. The second-order valence-corrected chi connectivity index (χ2v) is 5.47. The van der Waals surface area contributed by atoms with Gasteiger partial charge in [0.05, 0.1) is 23.8 Å². The maximum atomic E-state index is 11.4. The van der Waals surface area contributed by atoms with E-state index >= 15 is 0 Å². The molecule has 1 amide bonds. The zero-order valence-electron chi connectivity index (χ0n) is 15.2. The maximum absolute atomic E-state index is 11.4. The van der Waals surface area contributed by atoms with Crippen molar-refractivity contribution >= 4 is 12.0 Å². The van der Waals surface area contributed by atoms with E-state index < -0.39 is 0 Å². The van der Waals surface area contributed by atoms with Crippen LogP contribution in [0.4, 0.5) is 0 Å². The van der Waals surface area contributed by atoms with Crippen LogP contribution in [0.3, 0.4) is 0 Å². The largest absolute Gasteiger partial charge is 0.333 e. The van der Waals surface area contributed by atoms with Crippen LogP contribution in [-0.2, 0) is 4.79 Å². The summed E-state index contributed by atoms with van der Waals surface area (Å²) in [5, 5.41) is 27.5. The van der Waals surface area contributed by atoms with Gasteiger partial charge in [-0.25, -0.2) is 0 Å². The predicted octanol–water partition coefficient (Wildman–Crippen LogP) is 4.60. The molecule has 5 heteroatoms. The molecule has 1 N–H and O–H groups in total. The Bertz CT molecular complexity index is 712. The Morgan fingerprint density at radius 1 is 1.15 bits per heavy atom. The van der Waals surface area contributed by atoms with Crippen molar-refractivity contribution in [1.29, 1.82) is 15.8 Å². The molecule has 0 aliphatic carbocycles. The van der Waals surface area contributed by atoms with E-state index in [0.29, 0.717) is 30.4 Å². The van der Waals surface area contributed by atoms with Crippen molar-refractivity contribution in [3.05, 3.63) is 53.7 Å². The third-order valence-corrected chi connectivity index (χ3v) is 3.26. The molecule has 0 heterocycles. The summed E-state index contributed by atoms with van der Waals surface area (Å²) in [6.07, 6.45) is 8.09. The number of nitriles is 3. The number of unbranched alkanes of at least 4 members (excludes halogenated alkanes) is 2. The van der Waals surface area contributed by atoms with E-state index in [4.69, 9.17) is 15.8 Å². The number of carbonyl (C=O) groups excluding carboxylic acids is 1. The van der Waals surface area contributed by atoms with Gasteiger partial charge in [-0.2, -0.15) is 15.8 Å². The van der Waals surface area contributed by atoms with Gasteiger partial charge in [0.15, 0.2) is 0 Å². The number of hydrogen-bond acceptors (Lipinski definition) is 4. The normalized spacial score (nSPS) is 9.15. The zero-order valence-corrected chi connectivity index (χ0v) is 15.2. The molecule has 0 bridgehead atoms. The van der Waals surface area contributed by atoms with Crippen molar-refractivity contribution in [2.45, 2.75) is 45.4 Å². The SMILES string of the molecule is C=C(C#N)CCC#N.CCCCCC(=O)NC=Cc1ccc(C#N)cc1. The van der Waals surface area contributed by atoms with Crippen molar-refractivity contribution in [2.24, 2.45) is 0 Å². The van der Waals surface area contributed by atoms with Gasteiger partial charge < -0.3 is 5.32 Å². The van der Waals surface area contributed by atoms with Crippen LogP contribution in [0, 0.1) is 34.0 Å². The van der Waals surface area contributed by atoms with Crippen molar-refractivity contribution in [1.82, 2.24) is 5.32 Å². The summed E-state index contributed by atoms with van der Waals surface area (Å²) >= 11 is 0. The van der Waals surface area contributed by atoms with Crippen LogP contribution in [-0.4, -0.2) is 5.91 Å². The average Bonchev–Trinajstić information content (AvgIpc) is 2.67. The average molecular weight is 348 g/mol. The van der Waals surface area contributed by atoms with E-state index in [1.54, 1.807) is 18.3 Å². The van der Waals surface area contributed by atoms with Crippen LogP contribution < -0.4 is 5.32 Å². The predicted molar refractivity (Wildman–Crippen MR) is 102 cm³/mol. The fourth-order valence-electron chi connectivity index (χ4n) is 1.77. The highest BCUT2D eigenvalue weighted by atomic mass is 16.1. The van der Waals surface area contributed by atoms with E-state index in [2.05, 4.69) is 24.9 Å². The molecule has 0 atom stereocenters. The number of amides is 1. The molecular weight excluding hydrogens is 324 g/mol. The molecular formula is C21H24N4O. The van der Waals surface area contributed by atoms with Crippen LogP contribution in [0.5, 0.6) is 0 Å². The summed E-state index contributed by atoms with van der Waals surface area (Å²) in [4.78, 5) is 11.4. The highest BCUT2D eigenvalue weighted by Gasteiger charge is 1.97. The number of nitrogens with zero attached hydrogens (tertiary/aromatic N) is 3. The number of rotatable bonds is 8. The minimum Gasteiger partial charge on any atom is -0.333 e. The van der Waals surface area contributed by atoms with E-state index in [1.165, 1.54) is 0 Å². The molecule has 0 fully saturated rings. The Morgan fingerprint density at radius 3 is 2.38 bits per heavy atom. The molecule has 1 aromatic carbocycles. The summed E-state index contributed by atoms with van der Waals surface area (Å²) in [6, 6.07) is 13.0. The molecule has 0 saturated heterocycles. The minimum atomic E-state index is 0.0494. The first kappa shape index (κ1) is 22.6. The molecule has 26 heavy (non-hydrogen) atoms. The van der Waals surface area contributed by atoms with Gasteiger partial charge in [0.25, 0.3) is 0 Å². The van der Waals surface area contributed by atoms with Crippen molar-refractivity contribution in [3.8, 4) is 18.2 Å². The Morgan fingerprint density at radius 2 is 1.85 bits per heavy atom. The third kappa shape index (κ3) is 12.1. The fourth-order valence-corrected chi connectivity index (χ4v) is 1.77. The third-order valence-electron chi connectivity index (χ3n) is 3.26. The lowest BCUT2D eigenvalue weighted by Gasteiger charge is -1.99. The Kier molecular flexibility index (Phi) is 13.2. The van der Waals surface area contributed by atoms with Gasteiger partial charge in [0, 0.05) is 24.6 Å². The second-order valence-electron chi connectivity index (χ2n) is 5.47. The van der Waals surface area contributed by atoms with E-state index in [9.17, 15) is 4.79 Å². The topological polar surface area (TPSA) is 100 Å². The van der Waals surface area contributed by atoms with Crippen molar-refractivity contribution in [3.63, 3.8) is 0 Å². The van der Waals surface area contributed by atoms with E-state index in [0.717, 1.165) is 24.8 Å². The molecule has 0 spiro atoms. The Hall–Kier alpha value is -3.36. The number of carbonyl (C=O) groups is 1. The molecule has 0 radical (unpaired) electrons. The first-order valence-electron chi connectivity index (χ1n) is 8.48. The molecule has 0 aromatic heterocycles. The lowest BCUT2D eigenvalue weighted by atomic mass is 10.1. The lowest BCUT2D eigenvalue weighted by Crippen LogP contribution is -2.16.